The Morgan fingerprint density at radius 1 is 0.395 bits per heavy atom. The molecule has 0 aromatic heterocycles. The number of ether oxygens (including phenoxy) is 2. The summed E-state index contributed by atoms with van der Waals surface area (Å²) in [7, 11) is 3.38. The Hall–Kier alpha value is -4.01. The molecule has 3 heteroatoms. The fraction of sp³-hybridized carbons (Fsp3) is 0.143. The lowest BCUT2D eigenvalue weighted by Gasteiger charge is -2.02. The van der Waals surface area contributed by atoms with Gasteiger partial charge in [0, 0.05) is 5.02 Å². The molecule has 6 aromatic rings. The summed E-state index contributed by atoms with van der Waals surface area (Å²) in [6.45, 7) is 6.28. The third-order valence-corrected chi connectivity index (χ3v) is 6.60. The zero-order valence-corrected chi connectivity index (χ0v) is 23.3. The molecule has 0 N–H and O–H groups in total. The van der Waals surface area contributed by atoms with Crippen LogP contribution in [0.1, 0.15) is 16.7 Å². The van der Waals surface area contributed by atoms with Crippen LogP contribution < -0.4 is 9.47 Å². The van der Waals surface area contributed by atoms with E-state index in [0.717, 1.165) is 16.5 Å². The monoisotopic (exact) mass is 520 g/mol. The fourth-order valence-corrected chi connectivity index (χ4v) is 4.46. The second-order valence-electron chi connectivity index (χ2n) is 9.43. The minimum absolute atomic E-state index is 0.799. The molecule has 0 unspecified atom stereocenters. The summed E-state index contributed by atoms with van der Waals surface area (Å²) in [6, 6.07) is 37.4. The molecule has 0 heterocycles. The van der Waals surface area contributed by atoms with E-state index in [1.165, 1.54) is 49.0 Å². The number of fused-ring (bicyclic) bond motifs is 3. The van der Waals surface area contributed by atoms with E-state index >= 15 is 0 Å². The molecule has 0 atom stereocenters. The van der Waals surface area contributed by atoms with Gasteiger partial charge in [0.15, 0.2) is 0 Å². The van der Waals surface area contributed by atoms with Crippen LogP contribution in [0.5, 0.6) is 11.5 Å². The largest absolute Gasteiger partial charge is 0.497 e. The lowest BCUT2D eigenvalue weighted by atomic mass is 10.1. The predicted molar refractivity (Wildman–Crippen MR) is 164 cm³/mol. The first-order valence-corrected chi connectivity index (χ1v) is 13.0. The van der Waals surface area contributed by atoms with Gasteiger partial charge in [0.25, 0.3) is 0 Å². The van der Waals surface area contributed by atoms with E-state index in [1.807, 2.05) is 30.3 Å². The SMILES string of the molecule is COc1ccc2cc(C)ccc2c1.COc1ccc2ccc(C)cc2c1.Cc1ccc2ccc(Cl)cc2c1. The van der Waals surface area contributed by atoms with E-state index in [4.69, 9.17) is 21.1 Å². The highest BCUT2D eigenvalue weighted by Gasteiger charge is 1.97. The first kappa shape index (κ1) is 27.0. The van der Waals surface area contributed by atoms with Gasteiger partial charge in [-0.2, -0.15) is 0 Å². The number of hydrogen-bond acceptors (Lipinski definition) is 2. The van der Waals surface area contributed by atoms with Gasteiger partial charge in [-0.25, -0.2) is 0 Å². The molecule has 0 amide bonds. The van der Waals surface area contributed by atoms with Crippen LogP contribution in [-0.2, 0) is 0 Å². The van der Waals surface area contributed by atoms with Gasteiger partial charge in [-0.05, 0) is 89.5 Å². The average molecular weight is 521 g/mol. The van der Waals surface area contributed by atoms with Crippen molar-refractivity contribution in [2.24, 2.45) is 0 Å². The minimum Gasteiger partial charge on any atom is -0.497 e. The summed E-state index contributed by atoms with van der Waals surface area (Å²) in [5, 5.41) is 8.23. The Morgan fingerprint density at radius 3 is 1.32 bits per heavy atom. The average Bonchev–Trinajstić information content (AvgIpc) is 2.92. The molecule has 0 bridgehead atoms. The van der Waals surface area contributed by atoms with Crippen LogP contribution >= 0.6 is 11.6 Å². The summed E-state index contributed by atoms with van der Waals surface area (Å²) in [6.07, 6.45) is 0. The van der Waals surface area contributed by atoms with E-state index in [9.17, 15) is 0 Å². The van der Waals surface area contributed by atoms with Crippen molar-refractivity contribution in [3.05, 3.63) is 131 Å². The lowest BCUT2D eigenvalue weighted by Crippen LogP contribution is -1.82. The Kier molecular flexibility index (Phi) is 8.89. The predicted octanol–water partition coefficient (Wildman–Crippen LogP) is 10.1. The lowest BCUT2D eigenvalue weighted by molar-refractivity contribution is 0.415. The normalized spacial score (nSPS) is 10.4. The van der Waals surface area contributed by atoms with Crippen molar-refractivity contribution >= 4 is 43.9 Å². The van der Waals surface area contributed by atoms with Crippen LogP contribution in [0, 0.1) is 20.8 Å². The van der Waals surface area contributed by atoms with Gasteiger partial charge in [-0.3, -0.25) is 0 Å². The third-order valence-electron chi connectivity index (χ3n) is 6.36. The quantitative estimate of drug-likeness (QED) is 0.226. The highest BCUT2D eigenvalue weighted by molar-refractivity contribution is 6.31. The van der Waals surface area contributed by atoms with Gasteiger partial charge in [0.1, 0.15) is 11.5 Å². The summed E-state index contributed by atoms with van der Waals surface area (Å²) < 4.78 is 10.3. The molecule has 38 heavy (non-hydrogen) atoms. The van der Waals surface area contributed by atoms with Crippen LogP contribution in [0.4, 0.5) is 0 Å². The molecule has 192 valence electrons. The second kappa shape index (κ2) is 12.5. The third kappa shape index (κ3) is 7.06. The zero-order chi connectivity index (χ0) is 27.1. The summed E-state index contributed by atoms with van der Waals surface area (Å²) in [4.78, 5) is 0. The number of methoxy groups -OCH3 is 2. The Labute approximate surface area is 230 Å². The van der Waals surface area contributed by atoms with E-state index in [1.54, 1.807) is 14.2 Å². The van der Waals surface area contributed by atoms with Gasteiger partial charge in [0.05, 0.1) is 14.2 Å². The molecule has 0 aliphatic rings. The maximum Gasteiger partial charge on any atom is 0.119 e. The van der Waals surface area contributed by atoms with Gasteiger partial charge in [-0.15, -0.1) is 0 Å². The van der Waals surface area contributed by atoms with Gasteiger partial charge >= 0.3 is 0 Å². The topological polar surface area (TPSA) is 18.5 Å². The molecule has 0 saturated heterocycles. The van der Waals surface area contributed by atoms with Crippen LogP contribution in [0.3, 0.4) is 0 Å². The molecule has 0 aliphatic heterocycles. The zero-order valence-electron chi connectivity index (χ0n) is 22.6. The summed E-state index contributed by atoms with van der Waals surface area (Å²) >= 11 is 5.87. The smallest absolute Gasteiger partial charge is 0.119 e. The van der Waals surface area contributed by atoms with E-state index < -0.39 is 0 Å². The van der Waals surface area contributed by atoms with Gasteiger partial charge < -0.3 is 9.47 Å². The highest BCUT2D eigenvalue weighted by Crippen LogP contribution is 2.23. The maximum absolute atomic E-state index is 5.87. The number of benzene rings is 6. The second-order valence-corrected chi connectivity index (χ2v) is 9.86. The van der Waals surface area contributed by atoms with Crippen molar-refractivity contribution in [3.63, 3.8) is 0 Å². The molecule has 0 saturated carbocycles. The molecule has 0 spiro atoms. The Morgan fingerprint density at radius 2 is 0.763 bits per heavy atom. The van der Waals surface area contributed by atoms with Crippen molar-refractivity contribution in [1.82, 2.24) is 0 Å². The van der Waals surface area contributed by atoms with Crippen LogP contribution in [0.15, 0.2) is 109 Å². The molecule has 0 aliphatic carbocycles. The van der Waals surface area contributed by atoms with Crippen molar-refractivity contribution in [2.45, 2.75) is 20.8 Å². The number of hydrogen-bond donors (Lipinski definition) is 0. The molecule has 6 aromatic carbocycles. The molecule has 0 fully saturated rings. The molecule has 2 nitrogen and oxygen atoms in total. The van der Waals surface area contributed by atoms with E-state index in [0.29, 0.717) is 0 Å². The van der Waals surface area contributed by atoms with Crippen molar-refractivity contribution in [3.8, 4) is 11.5 Å². The summed E-state index contributed by atoms with van der Waals surface area (Å²) in [5.41, 5.74) is 3.84. The highest BCUT2D eigenvalue weighted by atomic mass is 35.5. The fourth-order valence-electron chi connectivity index (χ4n) is 4.28. The Bertz CT molecular complexity index is 1650. The number of halogens is 1. The van der Waals surface area contributed by atoms with Gasteiger partial charge in [0.2, 0.25) is 0 Å². The van der Waals surface area contributed by atoms with Crippen molar-refractivity contribution in [2.75, 3.05) is 14.2 Å². The van der Waals surface area contributed by atoms with Crippen LogP contribution in [0.2, 0.25) is 5.02 Å². The summed E-state index contributed by atoms with van der Waals surface area (Å²) in [5.74, 6) is 1.83. The van der Waals surface area contributed by atoms with Crippen LogP contribution in [-0.4, -0.2) is 14.2 Å². The number of aryl methyl sites for hydroxylation is 3. The van der Waals surface area contributed by atoms with Crippen molar-refractivity contribution in [1.29, 1.82) is 0 Å². The van der Waals surface area contributed by atoms with Gasteiger partial charge in [-0.1, -0.05) is 101 Å². The number of rotatable bonds is 2. The van der Waals surface area contributed by atoms with Crippen LogP contribution in [0.25, 0.3) is 32.3 Å². The molecule has 0 radical (unpaired) electrons. The standard InChI is InChI=1S/2C12H12O.C11H9Cl/c1-9-3-4-11-8-12(13-2)6-5-10(11)7-9;1-9-3-4-10-5-6-12(13-2)8-11(10)7-9;1-8-2-3-9-4-5-11(12)7-10(9)6-8/h2*3-8H,1-2H3;2-7H,1H3. The van der Waals surface area contributed by atoms with E-state index in [2.05, 4.69) is 99.6 Å². The first-order chi connectivity index (χ1) is 18.3. The molecular weight excluding hydrogens is 488 g/mol. The molecular formula is C35H33ClO2. The van der Waals surface area contributed by atoms with E-state index in [-0.39, 0.29) is 0 Å². The van der Waals surface area contributed by atoms with Crippen molar-refractivity contribution < 1.29 is 9.47 Å². The minimum atomic E-state index is 0.799. The molecule has 6 rings (SSSR count). The maximum atomic E-state index is 5.87. The Balaban J connectivity index is 0.000000133. The first-order valence-electron chi connectivity index (χ1n) is 12.6.